The van der Waals surface area contributed by atoms with Gasteiger partial charge in [0.05, 0.1) is 0 Å². The Hall–Kier alpha value is -3.24. The Morgan fingerprint density at radius 3 is 2.83 bits per heavy atom. The molecule has 8 heteroatoms. The fourth-order valence-corrected chi connectivity index (χ4v) is 4.57. The largest absolute Gasteiger partial charge is 0.484 e. The van der Waals surface area contributed by atoms with Gasteiger partial charge in [-0.25, -0.2) is 0 Å². The smallest absolute Gasteiger partial charge is 0.250 e. The molecule has 2 aromatic heterocycles. The van der Waals surface area contributed by atoms with Crippen LogP contribution >= 0.6 is 11.6 Å². The average molecular weight is 423 g/mol. The van der Waals surface area contributed by atoms with Crippen LogP contribution in [0.2, 0.25) is 5.02 Å². The van der Waals surface area contributed by atoms with Crippen LogP contribution in [-0.4, -0.2) is 22.6 Å². The minimum Gasteiger partial charge on any atom is -0.484 e. The summed E-state index contributed by atoms with van der Waals surface area (Å²) in [7, 11) is 0. The highest BCUT2D eigenvalue weighted by atomic mass is 35.5. The zero-order chi connectivity index (χ0) is 20.7. The van der Waals surface area contributed by atoms with Gasteiger partial charge in [0.2, 0.25) is 17.5 Å². The monoisotopic (exact) mass is 422 g/mol. The highest BCUT2D eigenvalue weighted by molar-refractivity contribution is 6.30. The van der Waals surface area contributed by atoms with Crippen LogP contribution in [0.3, 0.4) is 0 Å². The number of benzene rings is 1. The highest BCUT2D eigenvalue weighted by Crippen LogP contribution is 2.38. The van der Waals surface area contributed by atoms with Crippen LogP contribution in [0.15, 0.2) is 51.7 Å². The maximum atomic E-state index is 12.2. The van der Waals surface area contributed by atoms with Crippen molar-refractivity contribution in [3.8, 4) is 11.8 Å². The number of hydrogen-bond donors (Lipinski definition) is 0. The molecule has 0 N–H and O–H groups in total. The molecule has 0 aliphatic carbocycles. The second kappa shape index (κ2) is 7.54. The highest BCUT2D eigenvalue weighted by Gasteiger charge is 2.36. The summed E-state index contributed by atoms with van der Waals surface area (Å²) in [5, 5.41) is 10.2. The van der Waals surface area contributed by atoms with Crippen molar-refractivity contribution in [2.24, 2.45) is 5.92 Å². The van der Waals surface area contributed by atoms with E-state index in [0.29, 0.717) is 41.6 Å². The van der Waals surface area contributed by atoms with Gasteiger partial charge in [0.15, 0.2) is 6.61 Å². The Balaban J connectivity index is 1.36. The van der Waals surface area contributed by atoms with Crippen molar-refractivity contribution in [3.05, 3.63) is 75.1 Å². The number of halogens is 1. The third-order valence-electron chi connectivity index (χ3n) is 5.70. The molecule has 2 unspecified atom stereocenters. The molecule has 4 heterocycles. The van der Waals surface area contributed by atoms with E-state index in [2.05, 4.69) is 16.0 Å². The van der Waals surface area contributed by atoms with E-state index in [1.165, 1.54) is 0 Å². The maximum Gasteiger partial charge on any atom is 0.250 e. The van der Waals surface area contributed by atoms with Gasteiger partial charge in [0.1, 0.15) is 11.8 Å². The van der Waals surface area contributed by atoms with Crippen molar-refractivity contribution in [1.29, 1.82) is 5.26 Å². The van der Waals surface area contributed by atoms with Gasteiger partial charge in [-0.3, -0.25) is 4.79 Å². The van der Waals surface area contributed by atoms with E-state index < -0.39 is 0 Å². The lowest BCUT2D eigenvalue weighted by atomic mass is 9.83. The lowest BCUT2D eigenvalue weighted by Crippen LogP contribution is -2.47. The molecule has 1 saturated heterocycles. The molecule has 7 nitrogen and oxygen atoms in total. The van der Waals surface area contributed by atoms with Crippen LogP contribution in [0.25, 0.3) is 0 Å². The fraction of sp³-hybridized carbons (Fsp3) is 0.318. The molecule has 152 valence electrons. The van der Waals surface area contributed by atoms with Crippen molar-refractivity contribution >= 4 is 17.5 Å². The molecule has 1 fully saturated rings. The van der Waals surface area contributed by atoms with E-state index in [1.807, 2.05) is 16.7 Å². The van der Waals surface area contributed by atoms with Crippen molar-refractivity contribution in [1.82, 2.24) is 9.55 Å². The Bertz CT molecular complexity index is 1180. The van der Waals surface area contributed by atoms with E-state index in [-0.39, 0.29) is 23.8 Å². The van der Waals surface area contributed by atoms with Gasteiger partial charge in [0.25, 0.3) is 5.56 Å². The summed E-state index contributed by atoms with van der Waals surface area (Å²) in [5.74, 6) is 2.02. The maximum absolute atomic E-state index is 12.2. The molecule has 3 aromatic rings. The van der Waals surface area contributed by atoms with E-state index in [9.17, 15) is 10.1 Å². The van der Waals surface area contributed by atoms with Gasteiger partial charge in [-0.05, 0) is 42.7 Å². The Morgan fingerprint density at radius 1 is 1.20 bits per heavy atom. The third-order valence-corrected chi connectivity index (χ3v) is 5.95. The molecule has 0 amide bonds. The summed E-state index contributed by atoms with van der Waals surface area (Å²) in [6.07, 6.45) is 1.03. The molecule has 0 radical (unpaired) electrons. The number of anilines is 1. The molecule has 0 spiro atoms. The number of piperidine rings is 1. The Labute approximate surface area is 178 Å². The van der Waals surface area contributed by atoms with Gasteiger partial charge in [-0.1, -0.05) is 17.7 Å². The second-order valence-electron chi connectivity index (χ2n) is 7.72. The number of aromatic nitrogens is 2. The normalized spacial score (nSPS) is 19.8. The fourth-order valence-electron chi connectivity index (χ4n) is 4.44. The van der Waals surface area contributed by atoms with Gasteiger partial charge < -0.3 is 18.6 Å². The predicted octanol–water partition coefficient (Wildman–Crippen LogP) is 3.56. The van der Waals surface area contributed by atoms with Crippen LogP contribution < -0.4 is 15.2 Å². The standard InChI is InChI=1S/C22H19ClN4O3/c23-16-4-6-17(7-5-16)29-13-20-25-18(9-24)22(30-20)26-10-14-8-15(12-26)19-2-1-3-21(28)27(19)11-14/h1-7,14-15H,8,10-13H2. The molecular weight excluding hydrogens is 404 g/mol. The van der Waals surface area contributed by atoms with Crippen molar-refractivity contribution in [3.63, 3.8) is 0 Å². The summed E-state index contributed by atoms with van der Waals surface area (Å²) >= 11 is 5.89. The van der Waals surface area contributed by atoms with Gasteiger partial charge in [0, 0.05) is 42.3 Å². The van der Waals surface area contributed by atoms with Gasteiger partial charge >= 0.3 is 0 Å². The number of oxazole rings is 1. The average Bonchev–Trinajstić information content (AvgIpc) is 3.17. The molecule has 2 aliphatic heterocycles. The van der Waals surface area contributed by atoms with Gasteiger partial charge in [-0.2, -0.15) is 10.2 Å². The summed E-state index contributed by atoms with van der Waals surface area (Å²) in [6.45, 7) is 2.21. The van der Waals surface area contributed by atoms with Crippen LogP contribution in [0.1, 0.15) is 29.6 Å². The van der Waals surface area contributed by atoms with E-state index >= 15 is 0 Å². The van der Waals surface area contributed by atoms with Crippen LogP contribution in [-0.2, 0) is 13.2 Å². The SMILES string of the molecule is N#Cc1nc(COc2ccc(Cl)cc2)oc1N1CC2CC(C1)c1cccc(=O)n1C2. The van der Waals surface area contributed by atoms with Gasteiger partial charge in [-0.15, -0.1) is 0 Å². The molecule has 0 saturated carbocycles. The zero-order valence-electron chi connectivity index (χ0n) is 16.1. The van der Waals surface area contributed by atoms with E-state index in [0.717, 1.165) is 18.7 Å². The van der Waals surface area contributed by atoms with Crippen molar-refractivity contribution in [2.45, 2.75) is 25.5 Å². The van der Waals surface area contributed by atoms with Crippen molar-refractivity contribution in [2.75, 3.05) is 18.0 Å². The van der Waals surface area contributed by atoms with Crippen LogP contribution in [0.5, 0.6) is 5.75 Å². The topological polar surface area (TPSA) is 84.3 Å². The quantitative estimate of drug-likeness (QED) is 0.639. The summed E-state index contributed by atoms with van der Waals surface area (Å²) < 4.78 is 13.5. The zero-order valence-corrected chi connectivity index (χ0v) is 16.9. The molecule has 5 rings (SSSR count). The number of rotatable bonds is 4. The minimum absolute atomic E-state index is 0.0506. The molecule has 2 bridgehead atoms. The number of ether oxygens (including phenoxy) is 1. The summed E-state index contributed by atoms with van der Waals surface area (Å²) in [6, 6.07) is 14.6. The van der Waals surface area contributed by atoms with Crippen LogP contribution in [0.4, 0.5) is 5.88 Å². The van der Waals surface area contributed by atoms with E-state index in [4.69, 9.17) is 20.8 Å². The number of fused-ring (bicyclic) bond motifs is 4. The lowest BCUT2D eigenvalue weighted by Gasteiger charge is -2.42. The molecule has 30 heavy (non-hydrogen) atoms. The van der Waals surface area contributed by atoms with E-state index in [1.54, 1.807) is 30.3 Å². The Kier molecular flexibility index (Phi) is 4.72. The number of nitrogens with zero attached hydrogens (tertiary/aromatic N) is 4. The molecule has 2 atom stereocenters. The molecule has 1 aromatic carbocycles. The third kappa shape index (κ3) is 3.44. The number of pyridine rings is 1. The number of hydrogen-bond acceptors (Lipinski definition) is 6. The second-order valence-corrected chi connectivity index (χ2v) is 8.16. The van der Waals surface area contributed by atoms with Crippen molar-refractivity contribution < 1.29 is 9.15 Å². The summed E-state index contributed by atoms with van der Waals surface area (Å²) in [5.41, 5.74) is 1.36. The van der Waals surface area contributed by atoms with Crippen LogP contribution in [0, 0.1) is 17.2 Å². The predicted molar refractivity (Wildman–Crippen MR) is 111 cm³/mol. The lowest BCUT2D eigenvalue weighted by molar-refractivity contribution is 0.254. The first-order valence-corrected chi connectivity index (χ1v) is 10.2. The minimum atomic E-state index is 0.0506. The first-order chi connectivity index (χ1) is 14.6. The first kappa shape index (κ1) is 18.8. The number of nitriles is 1. The first-order valence-electron chi connectivity index (χ1n) is 9.83. The Morgan fingerprint density at radius 2 is 2.03 bits per heavy atom. The summed E-state index contributed by atoms with van der Waals surface area (Å²) in [4.78, 5) is 18.6. The molecular formula is C22H19ClN4O3. The molecule has 2 aliphatic rings.